The fourth-order valence-electron chi connectivity index (χ4n) is 6.56. The van der Waals surface area contributed by atoms with Gasteiger partial charge in [-0.1, -0.05) is 89.5 Å². The van der Waals surface area contributed by atoms with E-state index in [-0.39, 0.29) is 64.2 Å². The van der Waals surface area contributed by atoms with Gasteiger partial charge in [-0.05, 0) is 96.6 Å². The minimum atomic E-state index is -0.802. The second-order valence-corrected chi connectivity index (χ2v) is 15.9. The van der Waals surface area contributed by atoms with Crippen LogP contribution in [0.1, 0.15) is 169 Å². The molecule has 1 fully saturated rings. The Morgan fingerprint density at radius 3 is 1.87 bits per heavy atom. The fourth-order valence-corrected chi connectivity index (χ4v) is 6.56. The van der Waals surface area contributed by atoms with Crippen LogP contribution in [0.15, 0.2) is 24.3 Å². The lowest BCUT2D eigenvalue weighted by Crippen LogP contribution is -2.37. The van der Waals surface area contributed by atoms with Gasteiger partial charge in [0.25, 0.3) is 0 Å². The topological polar surface area (TPSA) is 136 Å². The van der Waals surface area contributed by atoms with Crippen molar-refractivity contribution in [3.63, 3.8) is 0 Å². The van der Waals surface area contributed by atoms with Crippen molar-refractivity contribution < 1.29 is 52.3 Å². The van der Waals surface area contributed by atoms with Crippen LogP contribution >= 0.6 is 0 Å². The van der Waals surface area contributed by atoms with E-state index in [4.69, 9.17) is 33.2 Å². The number of likely N-dealkylation sites (tertiary alicyclic amines) is 1. The molecule has 0 amide bonds. The number of hydrogen-bond acceptors (Lipinski definition) is 12. The summed E-state index contributed by atoms with van der Waals surface area (Å²) in [5.74, 6) is 4.43. The van der Waals surface area contributed by atoms with Gasteiger partial charge in [-0.3, -0.25) is 14.4 Å². The molecule has 1 rings (SSSR count). The number of rotatable bonds is 37. The van der Waals surface area contributed by atoms with Gasteiger partial charge in [-0.2, -0.15) is 0 Å². The van der Waals surface area contributed by atoms with E-state index in [0.717, 1.165) is 96.7 Å². The average molecular weight is 862 g/mol. The summed E-state index contributed by atoms with van der Waals surface area (Å²) in [6.07, 6.45) is 25.4. The van der Waals surface area contributed by atoms with E-state index in [1.807, 2.05) is 0 Å². The molecule has 1 aliphatic heterocycles. The van der Waals surface area contributed by atoms with Gasteiger partial charge in [0.05, 0.1) is 18.9 Å². The second-order valence-electron chi connectivity index (χ2n) is 15.9. The van der Waals surface area contributed by atoms with Crippen LogP contribution in [0.4, 0.5) is 4.79 Å². The zero-order valence-electron chi connectivity index (χ0n) is 38.6. The van der Waals surface area contributed by atoms with E-state index in [0.29, 0.717) is 38.9 Å². The molecule has 1 saturated heterocycles. The molecule has 2 atom stereocenters. The summed E-state index contributed by atoms with van der Waals surface area (Å²) < 4.78 is 39.3. The Hall–Kier alpha value is -3.40. The molecule has 0 N–H and O–H groups in total. The average Bonchev–Trinajstić information content (AvgIpc) is 3.27. The number of carbonyl (C=O) groups is 4. The largest absolute Gasteiger partial charge is 0.508 e. The lowest BCUT2D eigenvalue weighted by molar-refractivity contribution is -0.161. The standard InChI is InChI=1S/C49H83NO11/c1-5-9-12-15-18-21-25-35-55-45(51)30-23-22-24-31-46(52)58-40-44(42-61-49(54)60-39-43-29-28-34-50(8-4)38-43)41-59-47(53)32-33-48(56-36-26-19-16-13-10-6-2)57-37-27-20-17-14-11-7-3/h10-11,13-14,43-44,48H,5-9,12,15-20,22-24,26-42H2,1-4H3/b13-10-,14-11-. The first-order valence-corrected chi connectivity index (χ1v) is 23.8. The van der Waals surface area contributed by atoms with Crippen LogP contribution in [0.2, 0.25) is 0 Å². The van der Waals surface area contributed by atoms with Crippen molar-refractivity contribution in [3.8, 4) is 11.8 Å². The van der Waals surface area contributed by atoms with E-state index in [1.165, 1.54) is 19.3 Å². The fraction of sp³-hybridized carbons (Fsp3) is 0.796. The van der Waals surface area contributed by atoms with E-state index < -0.39 is 30.3 Å². The second kappa shape index (κ2) is 40.7. The Morgan fingerprint density at radius 2 is 1.25 bits per heavy atom. The predicted octanol–water partition coefficient (Wildman–Crippen LogP) is 10.5. The zero-order chi connectivity index (χ0) is 44.4. The van der Waals surface area contributed by atoms with Crippen LogP contribution in [0.25, 0.3) is 0 Å². The molecular weight excluding hydrogens is 779 g/mol. The Bertz CT molecular complexity index is 1220. The maximum absolute atomic E-state index is 13.0. The Labute approximate surface area is 369 Å². The molecule has 0 saturated carbocycles. The number of piperidine rings is 1. The molecule has 350 valence electrons. The molecule has 0 bridgehead atoms. The van der Waals surface area contributed by atoms with Crippen LogP contribution < -0.4 is 0 Å². The first kappa shape index (κ1) is 55.6. The van der Waals surface area contributed by atoms with Gasteiger partial charge in [-0.15, -0.1) is 0 Å². The lowest BCUT2D eigenvalue weighted by atomic mass is 9.99. The number of allylic oxidation sites excluding steroid dienone is 4. The summed E-state index contributed by atoms with van der Waals surface area (Å²) in [5, 5.41) is 0. The number of ether oxygens (including phenoxy) is 7. The van der Waals surface area contributed by atoms with Gasteiger partial charge < -0.3 is 38.1 Å². The van der Waals surface area contributed by atoms with Gasteiger partial charge in [0.2, 0.25) is 0 Å². The first-order valence-electron chi connectivity index (χ1n) is 23.8. The molecule has 2 unspecified atom stereocenters. The molecule has 12 nitrogen and oxygen atoms in total. The van der Waals surface area contributed by atoms with Crippen LogP contribution in [0.3, 0.4) is 0 Å². The highest BCUT2D eigenvalue weighted by Gasteiger charge is 2.23. The number of esters is 3. The molecule has 0 aromatic carbocycles. The summed E-state index contributed by atoms with van der Waals surface area (Å²) in [4.78, 5) is 52.6. The molecule has 0 aliphatic carbocycles. The van der Waals surface area contributed by atoms with Crippen molar-refractivity contribution in [1.82, 2.24) is 4.90 Å². The molecule has 0 aromatic rings. The van der Waals surface area contributed by atoms with Gasteiger partial charge in [-0.25, -0.2) is 4.79 Å². The van der Waals surface area contributed by atoms with Crippen LogP contribution in [0.5, 0.6) is 0 Å². The number of nitrogens with zero attached hydrogens (tertiary/aromatic N) is 1. The van der Waals surface area contributed by atoms with Gasteiger partial charge in [0.1, 0.15) is 19.8 Å². The minimum Gasteiger partial charge on any atom is -0.465 e. The molecule has 0 radical (unpaired) electrons. The van der Waals surface area contributed by atoms with E-state index in [9.17, 15) is 19.2 Å². The van der Waals surface area contributed by atoms with Gasteiger partial charge >= 0.3 is 24.1 Å². The van der Waals surface area contributed by atoms with Gasteiger partial charge in [0.15, 0.2) is 12.9 Å². The normalized spacial score (nSPS) is 14.8. The maximum Gasteiger partial charge on any atom is 0.508 e. The Kier molecular flexibility index (Phi) is 37.1. The molecule has 0 spiro atoms. The quantitative estimate of drug-likeness (QED) is 0.0147. The minimum absolute atomic E-state index is 0.0782. The van der Waals surface area contributed by atoms with Crippen molar-refractivity contribution in [3.05, 3.63) is 24.3 Å². The van der Waals surface area contributed by atoms with Crippen molar-refractivity contribution in [2.24, 2.45) is 11.8 Å². The molecule has 61 heavy (non-hydrogen) atoms. The number of carbonyl (C=O) groups excluding carboxylic acids is 4. The first-order chi connectivity index (χ1) is 29.8. The van der Waals surface area contributed by atoms with Crippen LogP contribution in [0, 0.1) is 23.7 Å². The SMILES string of the molecule is CC/C=C\CCCCOC(CCC(=O)OCC(COC(=O)CCCCCC(=O)OCC#CCCCCCC)COC(=O)OCC1CCCN(CC)C1)OCCCC/C=C\CC. The van der Waals surface area contributed by atoms with Crippen molar-refractivity contribution >= 4 is 24.1 Å². The molecule has 1 aliphatic rings. The highest BCUT2D eigenvalue weighted by Crippen LogP contribution is 2.17. The summed E-state index contributed by atoms with van der Waals surface area (Å²) in [6, 6.07) is 0. The van der Waals surface area contributed by atoms with Crippen molar-refractivity contribution in [2.75, 3.05) is 65.9 Å². The van der Waals surface area contributed by atoms with E-state index in [2.05, 4.69) is 68.7 Å². The third kappa shape index (κ3) is 34.8. The lowest BCUT2D eigenvalue weighted by Gasteiger charge is -2.31. The summed E-state index contributed by atoms with van der Waals surface area (Å²) in [7, 11) is 0. The zero-order valence-corrected chi connectivity index (χ0v) is 38.6. The van der Waals surface area contributed by atoms with Crippen molar-refractivity contribution in [2.45, 2.75) is 175 Å². The van der Waals surface area contributed by atoms with E-state index >= 15 is 0 Å². The number of hydrogen-bond donors (Lipinski definition) is 0. The van der Waals surface area contributed by atoms with E-state index in [1.54, 1.807) is 0 Å². The molecule has 12 heteroatoms. The summed E-state index contributed by atoms with van der Waals surface area (Å²) in [5.41, 5.74) is 0. The summed E-state index contributed by atoms with van der Waals surface area (Å²) >= 11 is 0. The third-order valence-electron chi connectivity index (χ3n) is 10.3. The number of unbranched alkanes of at least 4 members (excludes halogenated alkanes) is 10. The van der Waals surface area contributed by atoms with Crippen LogP contribution in [-0.2, 0) is 47.5 Å². The third-order valence-corrected chi connectivity index (χ3v) is 10.3. The van der Waals surface area contributed by atoms with Crippen LogP contribution in [-0.4, -0.2) is 101 Å². The molecular formula is C49H83NO11. The highest BCUT2D eigenvalue weighted by atomic mass is 16.7. The Morgan fingerprint density at radius 1 is 0.639 bits per heavy atom. The predicted molar refractivity (Wildman–Crippen MR) is 240 cm³/mol. The molecule has 1 heterocycles. The highest BCUT2D eigenvalue weighted by molar-refractivity contribution is 5.70. The maximum atomic E-state index is 13.0. The smallest absolute Gasteiger partial charge is 0.465 e. The summed E-state index contributed by atoms with van der Waals surface area (Å²) in [6.45, 7) is 12.5. The monoisotopic (exact) mass is 862 g/mol. The van der Waals surface area contributed by atoms with Gasteiger partial charge in [0, 0.05) is 51.4 Å². The Balaban J connectivity index is 2.60. The van der Waals surface area contributed by atoms with Crippen molar-refractivity contribution in [1.29, 1.82) is 0 Å². The molecule has 0 aromatic heterocycles.